The number of hydrogen-bond acceptors (Lipinski definition) is 3. The van der Waals surface area contributed by atoms with Crippen LogP contribution in [0.1, 0.15) is 33.1 Å². The Morgan fingerprint density at radius 3 is 2.81 bits per heavy atom. The molecule has 0 radical (unpaired) electrons. The summed E-state index contributed by atoms with van der Waals surface area (Å²) in [6.45, 7) is 6.08. The van der Waals surface area contributed by atoms with E-state index in [1.807, 2.05) is 0 Å². The molecular formula is C12H24N2O2. The van der Waals surface area contributed by atoms with Gasteiger partial charge in [-0.1, -0.05) is 13.8 Å². The molecule has 0 aromatic carbocycles. The second kappa shape index (κ2) is 6.86. The van der Waals surface area contributed by atoms with E-state index in [2.05, 4.69) is 24.5 Å². The van der Waals surface area contributed by atoms with Gasteiger partial charge in [0, 0.05) is 19.2 Å². The Morgan fingerprint density at radius 2 is 2.31 bits per heavy atom. The fourth-order valence-corrected chi connectivity index (χ4v) is 2.09. The Labute approximate surface area is 97.8 Å². The predicted molar refractivity (Wildman–Crippen MR) is 64.1 cm³/mol. The Bertz CT molecular complexity index is 213. The zero-order valence-electron chi connectivity index (χ0n) is 10.3. The first-order valence-electron chi connectivity index (χ1n) is 6.27. The summed E-state index contributed by atoms with van der Waals surface area (Å²) < 4.78 is 0. The number of nitrogens with one attached hydrogen (secondary N) is 2. The van der Waals surface area contributed by atoms with E-state index in [-0.39, 0.29) is 24.5 Å². The van der Waals surface area contributed by atoms with E-state index in [1.165, 1.54) is 0 Å². The van der Waals surface area contributed by atoms with Gasteiger partial charge in [0.15, 0.2) is 0 Å². The van der Waals surface area contributed by atoms with Gasteiger partial charge < -0.3 is 15.7 Å². The molecule has 1 amide bonds. The lowest BCUT2D eigenvalue weighted by Gasteiger charge is -2.27. The van der Waals surface area contributed by atoms with Crippen molar-refractivity contribution in [1.29, 1.82) is 0 Å². The van der Waals surface area contributed by atoms with Crippen LogP contribution in [0.25, 0.3) is 0 Å². The molecule has 1 unspecified atom stereocenters. The highest BCUT2D eigenvalue weighted by Gasteiger charge is 2.24. The van der Waals surface area contributed by atoms with Crippen LogP contribution in [0.5, 0.6) is 0 Å². The third kappa shape index (κ3) is 4.10. The van der Waals surface area contributed by atoms with Crippen molar-refractivity contribution in [2.24, 2.45) is 11.8 Å². The minimum Gasteiger partial charge on any atom is -0.396 e. The number of piperidine rings is 1. The highest BCUT2D eigenvalue weighted by atomic mass is 16.3. The zero-order valence-corrected chi connectivity index (χ0v) is 10.3. The van der Waals surface area contributed by atoms with Crippen LogP contribution < -0.4 is 10.6 Å². The number of carbonyl (C=O) groups excluding carboxylic acids is 1. The van der Waals surface area contributed by atoms with Crippen molar-refractivity contribution in [3.8, 4) is 0 Å². The van der Waals surface area contributed by atoms with Gasteiger partial charge in [0.2, 0.25) is 5.91 Å². The summed E-state index contributed by atoms with van der Waals surface area (Å²) in [6.07, 6.45) is 2.69. The third-order valence-electron chi connectivity index (χ3n) is 3.24. The molecule has 16 heavy (non-hydrogen) atoms. The molecule has 1 heterocycles. The van der Waals surface area contributed by atoms with Crippen LogP contribution in [0.15, 0.2) is 0 Å². The van der Waals surface area contributed by atoms with E-state index in [4.69, 9.17) is 5.11 Å². The monoisotopic (exact) mass is 228 g/mol. The van der Waals surface area contributed by atoms with E-state index in [1.54, 1.807) is 0 Å². The quantitative estimate of drug-likeness (QED) is 0.642. The summed E-state index contributed by atoms with van der Waals surface area (Å²) in [5, 5.41) is 15.2. The van der Waals surface area contributed by atoms with E-state index in [0.29, 0.717) is 12.3 Å². The molecule has 0 saturated carbocycles. The number of rotatable bonds is 5. The molecule has 0 aromatic heterocycles. The standard InChI is InChI=1S/C12H24N2O2/c1-9(2)11(5-7-15)14-12(16)10-4-3-6-13-8-10/h9-11,13,15H,3-8H2,1-2H3,(H,14,16)/t10-,11?/m1/s1. The smallest absolute Gasteiger partial charge is 0.224 e. The normalized spacial score (nSPS) is 23.1. The molecular weight excluding hydrogens is 204 g/mol. The number of amides is 1. The number of hydrogen-bond donors (Lipinski definition) is 3. The molecule has 0 bridgehead atoms. The highest BCUT2D eigenvalue weighted by Crippen LogP contribution is 2.12. The van der Waals surface area contributed by atoms with Crippen LogP contribution in [-0.4, -0.2) is 36.8 Å². The summed E-state index contributed by atoms with van der Waals surface area (Å²) in [5.74, 6) is 0.612. The minimum absolute atomic E-state index is 0.0967. The third-order valence-corrected chi connectivity index (χ3v) is 3.24. The van der Waals surface area contributed by atoms with Crippen LogP contribution in [-0.2, 0) is 4.79 Å². The van der Waals surface area contributed by atoms with Gasteiger partial charge in [0.25, 0.3) is 0 Å². The first-order chi connectivity index (χ1) is 7.65. The van der Waals surface area contributed by atoms with E-state index < -0.39 is 0 Å². The molecule has 4 nitrogen and oxygen atoms in total. The van der Waals surface area contributed by atoms with E-state index in [9.17, 15) is 4.79 Å². The largest absolute Gasteiger partial charge is 0.396 e. The van der Waals surface area contributed by atoms with Crippen molar-refractivity contribution in [2.45, 2.75) is 39.2 Å². The first-order valence-corrected chi connectivity index (χ1v) is 6.27. The van der Waals surface area contributed by atoms with Gasteiger partial charge in [0.05, 0.1) is 5.92 Å². The van der Waals surface area contributed by atoms with Crippen LogP contribution in [0.2, 0.25) is 0 Å². The van der Waals surface area contributed by atoms with Crippen molar-refractivity contribution >= 4 is 5.91 Å². The lowest BCUT2D eigenvalue weighted by Crippen LogP contribution is -2.46. The summed E-state index contributed by atoms with van der Waals surface area (Å²) in [4.78, 5) is 12.0. The fraction of sp³-hybridized carbons (Fsp3) is 0.917. The fourth-order valence-electron chi connectivity index (χ4n) is 2.09. The van der Waals surface area contributed by atoms with Gasteiger partial charge in [-0.15, -0.1) is 0 Å². The van der Waals surface area contributed by atoms with Crippen molar-refractivity contribution in [3.63, 3.8) is 0 Å². The molecule has 2 atom stereocenters. The van der Waals surface area contributed by atoms with E-state index >= 15 is 0 Å². The Morgan fingerprint density at radius 1 is 1.56 bits per heavy atom. The SMILES string of the molecule is CC(C)C(CCO)NC(=O)[C@@H]1CCCNC1. The second-order valence-corrected chi connectivity index (χ2v) is 4.91. The van der Waals surface area contributed by atoms with Gasteiger partial charge in [0.1, 0.15) is 0 Å². The van der Waals surface area contributed by atoms with Gasteiger partial charge in [-0.3, -0.25) is 4.79 Å². The van der Waals surface area contributed by atoms with Crippen LogP contribution in [0.3, 0.4) is 0 Å². The van der Waals surface area contributed by atoms with Crippen LogP contribution >= 0.6 is 0 Å². The molecule has 4 heteroatoms. The molecule has 3 N–H and O–H groups in total. The Balaban J connectivity index is 2.40. The number of carbonyl (C=O) groups is 1. The maximum absolute atomic E-state index is 12.0. The highest BCUT2D eigenvalue weighted by molar-refractivity contribution is 5.79. The van der Waals surface area contributed by atoms with Gasteiger partial charge in [-0.05, 0) is 31.7 Å². The maximum Gasteiger partial charge on any atom is 0.224 e. The predicted octanol–water partition coefficient (Wildman–Crippen LogP) is 0.509. The molecule has 1 saturated heterocycles. The van der Waals surface area contributed by atoms with E-state index in [0.717, 1.165) is 25.9 Å². The lowest BCUT2D eigenvalue weighted by atomic mass is 9.96. The maximum atomic E-state index is 12.0. The van der Waals surface area contributed by atoms with Gasteiger partial charge in [-0.25, -0.2) is 0 Å². The Hall–Kier alpha value is -0.610. The van der Waals surface area contributed by atoms with Crippen molar-refractivity contribution in [2.75, 3.05) is 19.7 Å². The molecule has 0 aromatic rings. The topological polar surface area (TPSA) is 61.4 Å². The first kappa shape index (κ1) is 13.5. The molecule has 94 valence electrons. The van der Waals surface area contributed by atoms with Gasteiger partial charge in [-0.2, -0.15) is 0 Å². The lowest BCUT2D eigenvalue weighted by molar-refractivity contribution is -0.126. The van der Waals surface area contributed by atoms with Crippen LogP contribution in [0, 0.1) is 11.8 Å². The van der Waals surface area contributed by atoms with Gasteiger partial charge >= 0.3 is 0 Å². The van der Waals surface area contributed by atoms with Crippen molar-refractivity contribution in [3.05, 3.63) is 0 Å². The molecule has 1 rings (SSSR count). The minimum atomic E-state index is 0.0967. The van der Waals surface area contributed by atoms with Crippen molar-refractivity contribution < 1.29 is 9.90 Å². The summed E-state index contributed by atoms with van der Waals surface area (Å²) in [5.41, 5.74) is 0. The molecule has 1 aliphatic heterocycles. The number of aliphatic hydroxyl groups excluding tert-OH is 1. The van der Waals surface area contributed by atoms with Crippen molar-refractivity contribution in [1.82, 2.24) is 10.6 Å². The van der Waals surface area contributed by atoms with Crippen LogP contribution in [0.4, 0.5) is 0 Å². The zero-order chi connectivity index (χ0) is 12.0. The second-order valence-electron chi connectivity index (χ2n) is 4.91. The molecule has 1 fully saturated rings. The molecule has 1 aliphatic rings. The molecule has 0 aliphatic carbocycles. The summed E-state index contributed by atoms with van der Waals surface area (Å²) in [7, 11) is 0. The summed E-state index contributed by atoms with van der Waals surface area (Å²) in [6, 6.07) is 0.0967. The number of aliphatic hydroxyl groups is 1. The average Bonchev–Trinajstić information content (AvgIpc) is 2.29. The summed E-state index contributed by atoms with van der Waals surface area (Å²) >= 11 is 0. The Kier molecular flexibility index (Phi) is 5.77. The molecule has 0 spiro atoms. The average molecular weight is 228 g/mol.